The number of imide groups is 1. The molecule has 3 amide bonds. The third-order valence-corrected chi connectivity index (χ3v) is 5.58. The van der Waals surface area contributed by atoms with Crippen molar-refractivity contribution in [2.24, 2.45) is 0 Å². The zero-order valence-corrected chi connectivity index (χ0v) is 17.2. The summed E-state index contributed by atoms with van der Waals surface area (Å²) in [7, 11) is 0. The van der Waals surface area contributed by atoms with Crippen molar-refractivity contribution in [3.8, 4) is 11.5 Å². The summed E-state index contributed by atoms with van der Waals surface area (Å²) in [6, 6.07) is 9.63. The van der Waals surface area contributed by atoms with Gasteiger partial charge in [-0.15, -0.1) is 0 Å². The van der Waals surface area contributed by atoms with Gasteiger partial charge in [-0.3, -0.25) is 14.5 Å². The SMILES string of the molecule is CCCCC1(c2ccc(F)cc2)NC(=O)N(CC(=O)c2ccc3c(c2)OCCO3)C1=O. The number of nitrogens with zero attached hydrogens (tertiary/aromatic N) is 1. The van der Waals surface area contributed by atoms with Crippen molar-refractivity contribution in [2.45, 2.75) is 31.7 Å². The summed E-state index contributed by atoms with van der Waals surface area (Å²) in [4.78, 5) is 39.9. The summed E-state index contributed by atoms with van der Waals surface area (Å²) < 4.78 is 24.4. The average Bonchev–Trinajstić information content (AvgIpc) is 3.02. The summed E-state index contributed by atoms with van der Waals surface area (Å²) in [5, 5.41) is 2.76. The molecule has 2 aliphatic rings. The fourth-order valence-corrected chi connectivity index (χ4v) is 3.91. The van der Waals surface area contributed by atoms with Crippen LogP contribution in [-0.4, -0.2) is 42.4 Å². The Morgan fingerprint density at radius 1 is 1.10 bits per heavy atom. The maximum Gasteiger partial charge on any atom is 0.325 e. The van der Waals surface area contributed by atoms with Crippen LogP contribution >= 0.6 is 0 Å². The number of benzene rings is 2. The van der Waals surface area contributed by atoms with Gasteiger partial charge in [-0.2, -0.15) is 0 Å². The zero-order valence-electron chi connectivity index (χ0n) is 17.2. The van der Waals surface area contributed by atoms with Crippen LogP contribution in [0.5, 0.6) is 11.5 Å². The first kappa shape index (κ1) is 20.8. The lowest BCUT2D eigenvalue weighted by Gasteiger charge is -2.27. The normalized spacial score (nSPS) is 20.0. The van der Waals surface area contributed by atoms with E-state index >= 15 is 0 Å². The molecule has 0 aliphatic carbocycles. The van der Waals surface area contributed by atoms with Crippen molar-refractivity contribution in [3.05, 3.63) is 59.4 Å². The standard InChI is InChI=1S/C23H23FN2O5/c1-2-3-10-23(16-5-7-17(24)8-6-16)21(28)26(22(29)25-23)14-18(27)15-4-9-19-20(13-15)31-12-11-30-19/h4-9,13H,2-3,10-12,14H2,1H3,(H,25,29). The van der Waals surface area contributed by atoms with Gasteiger partial charge < -0.3 is 14.8 Å². The first-order chi connectivity index (χ1) is 14.9. The number of carbonyl (C=O) groups excluding carboxylic acids is 3. The molecule has 1 fully saturated rings. The number of rotatable bonds is 7. The van der Waals surface area contributed by atoms with E-state index in [9.17, 15) is 18.8 Å². The molecule has 0 aromatic heterocycles. The van der Waals surface area contributed by atoms with Crippen molar-refractivity contribution in [3.63, 3.8) is 0 Å². The predicted molar refractivity (Wildman–Crippen MR) is 110 cm³/mol. The van der Waals surface area contributed by atoms with Crippen LogP contribution in [0.3, 0.4) is 0 Å². The molecule has 31 heavy (non-hydrogen) atoms. The van der Waals surface area contributed by atoms with Gasteiger partial charge in [-0.05, 0) is 42.3 Å². The van der Waals surface area contributed by atoms with E-state index < -0.39 is 35.6 Å². The molecule has 0 spiro atoms. The highest BCUT2D eigenvalue weighted by Gasteiger charge is 2.52. The van der Waals surface area contributed by atoms with Gasteiger partial charge in [0.15, 0.2) is 17.3 Å². The number of unbranched alkanes of at least 4 members (excludes halogenated alkanes) is 1. The third-order valence-electron chi connectivity index (χ3n) is 5.58. The molecule has 2 aromatic rings. The first-order valence-corrected chi connectivity index (χ1v) is 10.3. The number of ketones is 1. The van der Waals surface area contributed by atoms with E-state index in [0.29, 0.717) is 48.7 Å². The summed E-state index contributed by atoms with van der Waals surface area (Å²) in [6.07, 6.45) is 1.84. The lowest BCUT2D eigenvalue weighted by Crippen LogP contribution is -2.44. The molecule has 162 valence electrons. The smallest absolute Gasteiger partial charge is 0.325 e. The molecular formula is C23H23FN2O5. The van der Waals surface area contributed by atoms with Crippen LogP contribution in [0.15, 0.2) is 42.5 Å². The first-order valence-electron chi connectivity index (χ1n) is 10.3. The van der Waals surface area contributed by atoms with Gasteiger partial charge in [0.1, 0.15) is 24.6 Å². The Morgan fingerprint density at radius 2 is 1.81 bits per heavy atom. The van der Waals surface area contributed by atoms with Crippen LogP contribution < -0.4 is 14.8 Å². The highest BCUT2D eigenvalue weighted by molar-refractivity contribution is 6.11. The molecule has 1 N–H and O–H groups in total. The topological polar surface area (TPSA) is 84.9 Å². The molecule has 1 saturated heterocycles. The second kappa shape index (κ2) is 8.37. The fourth-order valence-electron chi connectivity index (χ4n) is 3.91. The van der Waals surface area contributed by atoms with Crippen LogP contribution in [0.2, 0.25) is 0 Å². The fraction of sp³-hybridized carbons (Fsp3) is 0.348. The number of hydrogen-bond acceptors (Lipinski definition) is 5. The highest BCUT2D eigenvalue weighted by atomic mass is 19.1. The molecule has 8 heteroatoms. The van der Waals surface area contributed by atoms with Gasteiger partial charge >= 0.3 is 6.03 Å². The van der Waals surface area contributed by atoms with E-state index in [2.05, 4.69) is 5.32 Å². The lowest BCUT2D eigenvalue weighted by molar-refractivity contribution is -0.131. The zero-order chi connectivity index (χ0) is 22.0. The quantitative estimate of drug-likeness (QED) is 0.542. The van der Waals surface area contributed by atoms with Crippen molar-refractivity contribution in [2.75, 3.05) is 19.8 Å². The van der Waals surface area contributed by atoms with Gasteiger partial charge in [-0.25, -0.2) is 9.18 Å². The van der Waals surface area contributed by atoms with Gasteiger partial charge in [0.25, 0.3) is 5.91 Å². The molecule has 1 unspecified atom stereocenters. The van der Waals surface area contributed by atoms with Crippen molar-refractivity contribution in [1.82, 2.24) is 10.2 Å². The van der Waals surface area contributed by atoms with E-state index in [1.807, 2.05) is 6.92 Å². The van der Waals surface area contributed by atoms with E-state index in [1.165, 1.54) is 24.3 Å². The minimum atomic E-state index is -1.31. The predicted octanol–water partition coefficient (Wildman–Crippen LogP) is 3.42. The van der Waals surface area contributed by atoms with Gasteiger partial charge in [0.2, 0.25) is 0 Å². The monoisotopic (exact) mass is 426 g/mol. The van der Waals surface area contributed by atoms with E-state index in [0.717, 1.165) is 11.3 Å². The molecule has 4 rings (SSSR count). The van der Waals surface area contributed by atoms with Crippen molar-refractivity contribution >= 4 is 17.7 Å². The van der Waals surface area contributed by atoms with Crippen molar-refractivity contribution < 1.29 is 28.2 Å². The van der Waals surface area contributed by atoms with Crippen LogP contribution in [0.1, 0.15) is 42.1 Å². The van der Waals surface area contributed by atoms with Gasteiger partial charge in [-0.1, -0.05) is 31.9 Å². The summed E-state index contributed by atoms with van der Waals surface area (Å²) in [5.74, 6) is -0.336. The number of ether oxygens (including phenoxy) is 2. The number of fused-ring (bicyclic) bond motifs is 1. The van der Waals surface area contributed by atoms with Crippen LogP contribution in [0, 0.1) is 5.82 Å². The summed E-state index contributed by atoms with van der Waals surface area (Å²) in [6.45, 7) is 2.39. The third kappa shape index (κ3) is 3.85. The Labute approximate surface area is 179 Å². The maximum atomic E-state index is 13.4. The number of Topliss-reactive ketones (excluding diaryl/α,β-unsaturated/α-hetero) is 1. The maximum absolute atomic E-state index is 13.4. The van der Waals surface area contributed by atoms with Crippen LogP contribution in [-0.2, 0) is 10.3 Å². The molecule has 2 aliphatic heterocycles. The minimum absolute atomic E-state index is 0.317. The second-order valence-electron chi connectivity index (χ2n) is 7.62. The molecule has 1 atom stereocenters. The van der Waals surface area contributed by atoms with Gasteiger partial charge in [0, 0.05) is 5.56 Å². The number of nitrogens with one attached hydrogen (secondary N) is 1. The second-order valence-corrected chi connectivity index (χ2v) is 7.62. The van der Waals surface area contributed by atoms with Crippen molar-refractivity contribution in [1.29, 1.82) is 0 Å². The molecule has 2 heterocycles. The molecule has 7 nitrogen and oxygen atoms in total. The Bertz CT molecular complexity index is 1020. The number of halogens is 1. The summed E-state index contributed by atoms with van der Waals surface area (Å²) >= 11 is 0. The van der Waals surface area contributed by atoms with Crippen LogP contribution in [0.25, 0.3) is 0 Å². The van der Waals surface area contributed by atoms with E-state index in [1.54, 1.807) is 18.2 Å². The number of hydrogen-bond donors (Lipinski definition) is 1. The number of amides is 3. The molecule has 0 saturated carbocycles. The largest absolute Gasteiger partial charge is 0.486 e. The lowest BCUT2D eigenvalue weighted by atomic mass is 9.84. The highest BCUT2D eigenvalue weighted by Crippen LogP contribution is 2.35. The number of urea groups is 1. The Morgan fingerprint density at radius 3 is 2.52 bits per heavy atom. The molecular weight excluding hydrogens is 403 g/mol. The van der Waals surface area contributed by atoms with Crippen LogP contribution in [0.4, 0.5) is 9.18 Å². The molecule has 0 bridgehead atoms. The van der Waals surface area contributed by atoms with E-state index in [-0.39, 0.29) is 0 Å². The van der Waals surface area contributed by atoms with E-state index in [4.69, 9.17) is 9.47 Å². The average molecular weight is 426 g/mol. The van der Waals surface area contributed by atoms with Gasteiger partial charge in [0.05, 0.1) is 6.54 Å². The molecule has 0 radical (unpaired) electrons. The molecule has 2 aromatic carbocycles. The Kier molecular flexibility index (Phi) is 5.63. The number of carbonyl (C=O) groups is 3. The summed E-state index contributed by atoms with van der Waals surface area (Å²) in [5.41, 5.74) is -0.499. The minimum Gasteiger partial charge on any atom is -0.486 e. The Hall–Kier alpha value is -3.42. The Balaban J connectivity index is 1.59.